The van der Waals surface area contributed by atoms with Crippen LogP contribution in [0.4, 0.5) is 9.59 Å². The molecule has 0 aliphatic carbocycles. The summed E-state index contributed by atoms with van der Waals surface area (Å²) >= 11 is 0. The van der Waals surface area contributed by atoms with Crippen LogP contribution in [0.2, 0.25) is 0 Å². The number of fused-ring (bicyclic) bond motifs is 4. The van der Waals surface area contributed by atoms with Crippen molar-refractivity contribution >= 4 is 57.9 Å². The summed E-state index contributed by atoms with van der Waals surface area (Å²) in [6.45, 7) is 0.657. The van der Waals surface area contributed by atoms with Crippen molar-refractivity contribution in [3.05, 3.63) is 66.4 Å². The lowest BCUT2D eigenvalue weighted by Gasteiger charge is -2.38. The zero-order valence-corrected chi connectivity index (χ0v) is 28.7. The predicted octanol–water partition coefficient (Wildman–Crippen LogP) is 4.06. The van der Waals surface area contributed by atoms with E-state index in [0.29, 0.717) is 60.6 Å². The monoisotopic (exact) mass is 723 g/mol. The number of hydrogen-bond donors (Lipinski definition) is 2. The summed E-state index contributed by atoms with van der Waals surface area (Å²) in [5, 5.41) is 19.8. The largest absolute Gasteiger partial charge is 0.465 e. The second-order valence-electron chi connectivity index (χ2n) is 14.5. The van der Waals surface area contributed by atoms with Crippen molar-refractivity contribution in [2.24, 2.45) is 0 Å². The summed E-state index contributed by atoms with van der Waals surface area (Å²) in [4.78, 5) is 93.0. The lowest BCUT2D eigenvalue weighted by molar-refractivity contribution is -0.139. The number of benzene rings is 2. The molecule has 0 aromatic carbocycles. The van der Waals surface area contributed by atoms with Crippen LogP contribution in [0.15, 0.2) is 59.1 Å². The Morgan fingerprint density at radius 2 is 1.02 bits per heavy atom. The Labute approximate surface area is 301 Å². The average Bonchev–Trinajstić information content (AvgIpc) is 4.02. The maximum atomic E-state index is 15.0. The van der Waals surface area contributed by atoms with E-state index in [0.717, 1.165) is 9.80 Å². The molecule has 5 aromatic heterocycles. The Morgan fingerprint density at radius 1 is 0.604 bits per heavy atom. The van der Waals surface area contributed by atoms with Gasteiger partial charge in [-0.2, -0.15) is 0 Å². The molecule has 0 unspecified atom stereocenters. The Kier molecular flexibility index (Phi) is 7.33. The zero-order chi connectivity index (χ0) is 36.8. The molecule has 2 N–H and O–H groups in total. The molecular formula is C37H37N7O9. The van der Waals surface area contributed by atoms with Gasteiger partial charge >= 0.3 is 12.2 Å². The lowest BCUT2D eigenvalue weighted by atomic mass is 9.91. The van der Waals surface area contributed by atoms with Gasteiger partial charge in [-0.15, -0.1) is 0 Å². The van der Waals surface area contributed by atoms with Crippen LogP contribution in [0.25, 0.3) is 22.1 Å². The minimum Gasteiger partial charge on any atom is -0.465 e. The molecule has 4 aliphatic rings. The molecular weight excluding hydrogens is 686 g/mol. The molecule has 16 nitrogen and oxygen atoms in total. The minimum atomic E-state index is -1.81. The maximum absolute atomic E-state index is 15.0. The van der Waals surface area contributed by atoms with Gasteiger partial charge in [-0.1, -0.05) is 0 Å². The van der Waals surface area contributed by atoms with Crippen LogP contribution in [0, 0.1) is 0 Å². The fourth-order valence-corrected chi connectivity index (χ4v) is 9.51. The van der Waals surface area contributed by atoms with E-state index < -0.39 is 59.0 Å². The van der Waals surface area contributed by atoms with E-state index in [4.69, 9.17) is 4.42 Å². The van der Waals surface area contributed by atoms with Crippen molar-refractivity contribution in [2.75, 3.05) is 26.2 Å². The molecule has 4 bridgehead atoms. The first kappa shape index (κ1) is 32.9. The molecule has 9 heterocycles. The Morgan fingerprint density at radius 3 is 1.47 bits per heavy atom. The summed E-state index contributed by atoms with van der Waals surface area (Å²) in [7, 11) is 0. The van der Waals surface area contributed by atoms with Gasteiger partial charge in [0.05, 0.1) is 6.20 Å². The number of oxazole rings is 1. The van der Waals surface area contributed by atoms with Gasteiger partial charge in [0.15, 0.2) is 16.8 Å². The first-order valence-corrected chi connectivity index (χ1v) is 18.1. The number of likely N-dealkylation sites (tertiary alicyclic amines) is 4. The van der Waals surface area contributed by atoms with Crippen LogP contribution in [-0.2, 0) is 20.7 Å². The van der Waals surface area contributed by atoms with Gasteiger partial charge in [0.25, 0.3) is 11.8 Å². The molecule has 274 valence electrons. The van der Waals surface area contributed by atoms with E-state index in [9.17, 15) is 29.4 Å². The van der Waals surface area contributed by atoms with Crippen LogP contribution in [-0.4, -0.2) is 118 Å². The number of carboxylic acid groups (broad SMARTS) is 2. The van der Waals surface area contributed by atoms with Gasteiger partial charge in [-0.05, 0) is 99.9 Å². The van der Waals surface area contributed by atoms with E-state index in [2.05, 4.69) is 4.98 Å². The number of amides is 4. The van der Waals surface area contributed by atoms with Gasteiger partial charge in [0.2, 0.25) is 17.7 Å². The van der Waals surface area contributed by atoms with Gasteiger partial charge in [0.1, 0.15) is 12.1 Å². The number of nitrogens with zero attached hydrogens (tertiary/aromatic N) is 7. The van der Waals surface area contributed by atoms with Crippen molar-refractivity contribution in [3.63, 3.8) is 0 Å². The highest BCUT2D eigenvalue weighted by atomic mass is 16.4. The summed E-state index contributed by atoms with van der Waals surface area (Å²) < 4.78 is 9.67. The number of hydrogen-bond acceptors (Lipinski definition) is 8. The second-order valence-corrected chi connectivity index (χ2v) is 14.5. The minimum absolute atomic E-state index is 0.00354. The van der Waals surface area contributed by atoms with Crippen molar-refractivity contribution in [3.8, 4) is 0 Å². The smallest absolute Gasteiger partial charge is 0.407 e. The summed E-state index contributed by atoms with van der Waals surface area (Å²) in [5.74, 6) is -2.18. The van der Waals surface area contributed by atoms with Crippen LogP contribution in [0.3, 0.4) is 0 Å². The highest BCUT2D eigenvalue weighted by Gasteiger charge is 2.61. The number of carbonyl (C=O) groups excluding carboxylic acids is 4. The fraction of sp³-hybridized carbons (Fsp3) is 0.432. The summed E-state index contributed by atoms with van der Waals surface area (Å²) in [5.41, 5.74) is -1.16. The first-order chi connectivity index (χ1) is 25.6. The molecule has 4 amide bonds. The molecule has 53 heavy (non-hydrogen) atoms. The Bertz CT molecular complexity index is 2040. The Balaban J connectivity index is 1.19. The zero-order valence-electron chi connectivity index (χ0n) is 28.7. The molecule has 16 heteroatoms. The normalized spacial score (nSPS) is 26.2. The van der Waals surface area contributed by atoms with E-state index >= 15 is 9.59 Å². The highest BCUT2D eigenvalue weighted by Crippen LogP contribution is 2.47. The highest BCUT2D eigenvalue weighted by molar-refractivity contribution is 6.03. The van der Waals surface area contributed by atoms with Crippen molar-refractivity contribution < 1.29 is 43.4 Å². The van der Waals surface area contributed by atoms with E-state index in [1.165, 1.54) is 25.1 Å². The Hall–Kier alpha value is -5.93. The summed E-state index contributed by atoms with van der Waals surface area (Å²) in [6.07, 6.45) is 1.52. The molecule has 4 aliphatic heterocycles. The van der Waals surface area contributed by atoms with Crippen molar-refractivity contribution in [2.45, 2.75) is 74.5 Å². The van der Waals surface area contributed by atoms with Crippen LogP contribution < -0.4 is 0 Å². The van der Waals surface area contributed by atoms with E-state index in [1.807, 2.05) is 0 Å². The van der Waals surface area contributed by atoms with E-state index in [1.54, 1.807) is 48.5 Å². The molecule has 4 atom stereocenters. The van der Waals surface area contributed by atoms with Gasteiger partial charge < -0.3 is 24.4 Å². The van der Waals surface area contributed by atoms with Gasteiger partial charge in [-0.3, -0.25) is 38.1 Å². The fourth-order valence-electron chi connectivity index (χ4n) is 9.51. The number of carbonyl (C=O) groups is 6. The van der Waals surface area contributed by atoms with Crippen molar-refractivity contribution in [1.82, 2.24) is 33.7 Å². The van der Waals surface area contributed by atoms with Crippen molar-refractivity contribution in [1.29, 1.82) is 0 Å². The quantitative estimate of drug-likeness (QED) is 0.258. The predicted molar refractivity (Wildman–Crippen MR) is 185 cm³/mol. The SMILES string of the molecule is O=C(O)N1CCC[C@@H]1C(=O)N1CCC[C@@]1(C(=O)n1c2ccc1cc2)c1cnc([C@]2(C(=O)n3c4ccc3cc4)CCCN2C(=O)[C@H]2CCCN2C(=O)O)o1. The molecule has 0 radical (unpaired) electrons. The standard InChI is InChI=1S/C37H37N7O9/c45-29(26-5-1-17-39(26)34(49)50)41-19-3-15-36(41,32(47)43-22-7-8-23(43)10-9-22)28-21-38-31(53-28)37(33(48)44-24-11-12-25(44)14-13-24)16-4-20-42(37)30(46)27-6-2-18-40(27)35(51)52/h7-14,21,26-27H,1-6,15-20H2,(H,49,50)(H,51,52)/t26-,27-,36+,37+/m1/s1. The molecule has 4 saturated heterocycles. The first-order valence-electron chi connectivity index (χ1n) is 18.1. The third kappa shape index (κ3) is 4.50. The summed E-state index contributed by atoms with van der Waals surface area (Å²) in [6, 6.07) is 12.3. The second kappa shape index (κ2) is 11.8. The molecule has 0 spiro atoms. The van der Waals surface area contributed by atoms with Crippen LogP contribution in [0.1, 0.15) is 72.6 Å². The number of rotatable bonds is 6. The number of aromatic nitrogens is 3. The molecule has 9 rings (SSSR count). The van der Waals surface area contributed by atoms with E-state index in [-0.39, 0.29) is 50.7 Å². The lowest BCUT2D eigenvalue weighted by Crippen LogP contribution is -2.57. The maximum Gasteiger partial charge on any atom is 0.407 e. The topological polar surface area (TPSA) is 192 Å². The molecule has 0 saturated carbocycles. The van der Waals surface area contributed by atoms with Crippen LogP contribution >= 0.6 is 0 Å². The van der Waals surface area contributed by atoms with Gasteiger partial charge in [-0.25, -0.2) is 14.6 Å². The third-order valence-electron chi connectivity index (χ3n) is 12.0. The average molecular weight is 724 g/mol. The third-order valence-corrected chi connectivity index (χ3v) is 12.0. The van der Waals surface area contributed by atoms with Gasteiger partial charge in [0, 0.05) is 48.2 Å². The molecule has 5 aromatic rings. The molecule has 4 fully saturated rings. The van der Waals surface area contributed by atoms with Crippen LogP contribution in [0.5, 0.6) is 0 Å².